The van der Waals surface area contributed by atoms with Gasteiger partial charge in [-0.15, -0.1) is 11.3 Å². The number of thioether (sulfide) groups is 1. The lowest BCUT2D eigenvalue weighted by Crippen LogP contribution is -2.18. The second-order valence-corrected chi connectivity index (χ2v) is 9.63. The minimum Gasteiger partial charge on any atom is -0.497 e. The van der Waals surface area contributed by atoms with Crippen LogP contribution >= 0.6 is 23.1 Å². The maximum atomic E-state index is 12.7. The molecule has 4 rings (SSSR count). The van der Waals surface area contributed by atoms with Gasteiger partial charge in [0.05, 0.1) is 30.7 Å². The van der Waals surface area contributed by atoms with Gasteiger partial charge in [-0.05, 0) is 43.9 Å². The summed E-state index contributed by atoms with van der Waals surface area (Å²) in [6.07, 6.45) is 2.64. The largest absolute Gasteiger partial charge is 0.497 e. The van der Waals surface area contributed by atoms with Crippen LogP contribution in [-0.4, -0.2) is 41.3 Å². The second kappa shape index (κ2) is 10.8. The molecule has 2 N–H and O–H groups in total. The fourth-order valence-corrected chi connectivity index (χ4v) is 5.77. The molecule has 9 nitrogen and oxygen atoms in total. The lowest BCUT2D eigenvalue weighted by atomic mass is 10.1. The molecule has 2 aromatic heterocycles. The number of aryl methyl sites for hydroxylation is 1. The molecule has 1 aromatic carbocycles. The number of fused-ring (bicyclic) bond motifs is 1. The van der Waals surface area contributed by atoms with Crippen molar-refractivity contribution in [3.63, 3.8) is 0 Å². The number of amides is 1. The van der Waals surface area contributed by atoms with E-state index in [4.69, 9.17) is 9.47 Å². The van der Waals surface area contributed by atoms with Gasteiger partial charge in [0.25, 0.3) is 5.56 Å². The standard InChI is InChI=1S/C24H22N4O5S2/c1-3-33-23(31)19-15-8-5-9-17(15)35-22(19)26-18(29)12-34-24-27-20(16(11-25)21(30)28-24)13-6-4-7-14(10-13)32-2/h4,6-7,10H,3,5,8-9,12H2,1-2H3,(H,26,29)(H,27,28,30). The zero-order valence-corrected chi connectivity index (χ0v) is 20.7. The Balaban J connectivity index is 1.53. The summed E-state index contributed by atoms with van der Waals surface area (Å²) < 4.78 is 10.4. The number of nitriles is 1. The summed E-state index contributed by atoms with van der Waals surface area (Å²) in [5, 5.41) is 13.0. The van der Waals surface area contributed by atoms with E-state index in [-0.39, 0.29) is 34.7 Å². The number of anilines is 1. The topological polar surface area (TPSA) is 134 Å². The highest BCUT2D eigenvalue weighted by atomic mass is 32.2. The molecule has 0 unspecified atom stereocenters. The summed E-state index contributed by atoms with van der Waals surface area (Å²) in [4.78, 5) is 45.8. The summed E-state index contributed by atoms with van der Waals surface area (Å²) in [5.41, 5.74) is 1.43. The smallest absolute Gasteiger partial charge is 0.341 e. The Morgan fingerprint density at radius 1 is 1.34 bits per heavy atom. The molecular weight excluding hydrogens is 488 g/mol. The van der Waals surface area contributed by atoms with Gasteiger partial charge in [0.2, 0.25) is 5.91 Å². The summed E-state index contributed by atoms with van der Waals surface area (Å²) in [7, 11) is 1.52. The minimum atomic E-state index is -0.595. The van der Waals surface area contributed by atoms with Crippen LogP contribution < -0.4 is 15.6 Å². The number of methoxy groups -OCH3 is 1. The lowest BCUT2D eigenvalue weighted by Gasteiger charge is -2.09. The van der Waals surface area contributed by atoms with Crippen molar-refractivity contribution >= 4 is 40.0 Å². The highest BCUT2D eigenvalue weighted by molar-refractivity contribution is 7.99. The maximum absolute atomic E-state index is 12.7. The highest BCUT2D eigenvalue weighted by Gasteiger charge is 2.28. The van der Waals surface area contributed by atoms with E-state index >= 15 is 0 Å². The number of hydrogen-bond donors (Lipinski definition) is 2. The number of aromatic amines is 1. The van der Waals surface area contributed by atoms with Gasteiger partial charge >= 0.3 is 5.97 Å². The molecule has 35 heavy (non-hydrogen) atoms. The van der Waals surface area contributed by atoms with Gasteiger partial charge in [-0.1, -0.05) is 23.9 Å². The van der Waals surface area contributed by atoms with Gasteiger partial charge in [-0.2, -0.15) is 5.26 Å². The van der Waals surface area contributed by atoms with Crippen LogP contribution in [0.15, 0.2) is 34.2 Å². The molecule has 1 aliphatic rings. The van der Waals surface area contributed by atoms with Crippen LogP contribution in [-0.2, 0) is 22.4 Å². The van der Waals surface area contributed by atoms with Gasteiger partial charge in [0, 0.05) is 10.4 Å². The van der Waals surface area contributed by atoms with E-state index in [2.05, 4.69) is 15.3 Å². The average molecular weight is 511 g/mol. The van der Waals surface area contributed by atoms with Crippen molar-refractivity contribution in [1.82, 2.24) is 9.97 Å². The number of ether oxygens (including phenoxy) is 2. The lowest BCUT2D eigenvalue weighted by molar-refractivity contribution is -0.113. The van der Waals surface area contributed by atoms with Crippen molar-refractivity contribution in [2.24, 2.45) is 0 Å². The first-order valence-electron chi connectivity index (χ1n) is 10.9. The minimum absolute atomic E-state index is 0.0583. The van der Waals surface area contributed by atoms with E-state index in [1.807, 2.05) is 6.07 Å². The molecule has 0 saturated heterocycles. The quantitative estimate of drug-likeness (QED) is 0.266. The molecule has 0 radical (unpaired) electrons. The van der Waals surface area contributed by atoms with E-state index in [1.54, 1.807) is 31.2 Å². The van der Waals surface area contributed by atoms with Crippen molar-refractivity contribution in [2.45, 2.75) is 31.3 Å². The number of rotatable bonds is 8. The Kier molecular flexibility index (Phi) is 7.53. The van der Waals surface area contributed by atoms with Crippen molar-refractivity contribution in [2.75, 3.05) is 24.8 Å². The summed E-state index contributed by atoms with van der Waals surface area (Å²) in [6, 6.07) is 8.77. The van der Waals surface area contributed by atoms with Crippen LogP contribution in [0.25, 0.3) is 11.3 Å². The van der Waals surface area contributed by atoms with Gasteiger partial charge in [-0.25, -0.2) is 9.78 Å². The Bertz CT molecular complexity index is 1390. The third-order valence-corrected chi connectivity index (χ3v) is 7.43. The highest BCUT2D eigenvalue weighted by Crippen LogP contribution is 2.39. The van der Waals surface area contributed by atoms with Crippen molar-refractivity contribution in [3.05, 3.63) is 56.2 Å². The number of hydrogen-bond acceptors (Lipinski definition) is 9. The fraction of sp³-hybridized carbons (Fsp3) is 0.292. The third-order valence-electron chi connectivity index (χ3n) is 5.35. The number of carbonyl (C=O) groups excluding carboxylic acids is 2. The molecule has 3 aromatic rings. The van der Waals surface area contributed by atoms with Crippen LogP contribution in [0.5, 0.6) is 5.75 Å². The van der Waals surface area contributed by atoms with E-state index in [9.17, 15) is 19.6 Å². The first kappa shape index (κ1) is 24.5. The van der Waals surface area contributed by atoms with Crippen LogP contribution in [0.3, 0.4) is 0 Å². The number of esters is 1. The molecule has 1 aliphatic carbocycles. The predicted molar refractivity (Wildman–Crippen MR) is 133 cm³/mol. The van der Waals surface area contributed by atoms with Crippen molar-refractivity contribution in [3.8, 4) is 23.1 Å². The van der Waals surface area contributed by atoms with Crippen LogP contribution in [0.2, 0.25) is 0 Å². The molecule has 0 aliphatic heterocycles. The van der Waals surface area contributed by atoms with Crippen LogP contribution in [0.4, 0.5) is 5.00 Å². The first-order valence-corrected chi connectivity index (χ1v) is 12.7. The van der Waals surface area contributed by atoms with Gasteiger partial charge in [0.15, 0.2) is 5.16 Å². The van der Waals surface area contributed by atoms with Gasteiger partial charge in [-0.3, -0.25) is 9.59 Å². The number of nitrogens with zero attached hydrogens (tertiary/aromatic N) is 2. The number of aromatic nitrogens is 2. The Hall–Kier alpha value is -3.62. The third kappa shape index (κ3) is 5.23. The second-order valence-electron chi connectivity index (χ2n) is 7.56. The van der Waals surface area contributed by atoms with E-state index in [0.29, 0.717) is 21.9 Å². The Morgan fingerprint density at radius 3 is 2.91 bits per heavy atom. The summed E-state index contributed by atoms with van der Waals surface area (Å²) in [5.74, 6) is -0.286. The number of nitrogens with one attached hydrogen (secondary N) is 2. The molecule has 0 atom stereocenters. The molecule has 11 heteroatoms. The van der Waals surface area contributed by atoms with E-state index < -0.39 is 11.5 Å². The molecule has 0 bridgehead atoms. The first-order chi connectivity index (χ1) is 16.9. The number of benzene rings is 1. The molecule has 0 spiro atoms. The monoisotopic (exact) mass is 510 g/mol. The Labute approximate surface area is 209 Å². The normalized spacial score (nSPS) is 12.0. The molecule has 180 valence electrons. The zero-order valence-electron chi connectivity index (χ0n) is 19.1. The van der Waals surface area contributed by atoms with Crippen LogP contribution in [0.1, 0.15) is 39.7 Å². The average Bonchev–Trinajstić information content (AvgIpc) is 3.43. The van der Waals surface area contributed by atoms with Crippen molar-refractivity contribution in [1.29, 1.82) is 5.26 Å². The molecule has 0 saturated carbocycles. The number of carbonyl (C=O) groups is 2. The SMILES string of the molecule is CCOC(=O)c1c(NC(=O)CSc2nc(-c3cccc(OC)c3)c(C#N)c(=O)[nH]2)sc2c1CCC2. The maximum Gasteiger partial charge on any atom is 0.341 e. The zero-order chi connectivity index (χ0) is 24.9. The molecule has 0 fully saturated rings. The molecule has 1 amide bonds. The Morgan fingerprint density at radius 2 is 2.17 bits per heavy atom. The molecular formula is C24H22N4O5S2. The van der Waals surface area contributed by atoms with E-state index in [0.717, 1.165) is 41.5 Å². The van der Waals surface area contributed by atoms with E-state index in [1.165, 1.54) is 18.4 Å². The summed E-state index contributed by atoms with van der Waals surface area (Å²) in [6.45, 7) is 1.99. The van der Waals surface area contributed by atoms with Gasteiger partial charge < -0.3 is 19.8 Å². The summed E-state index contributed by atoms with van der Waals surface area (Å²) >= 11 is 2.42. The van der Waals surface area contributed by atoms with Gasteiger partial charge in [0.1, 0.15) is 22.4 Å². The molecule has 2 heterocycles. The predicted octanol–water partition coefficient (Wildman–Crippen LogP) is 3.77. The van der Waals surface area contributed by atoms with Crippen molar-refractivity contribution < 1.29 is 19.1 Å². The van der Waals surface area contributed by atoms with Crippen LogP contribution in [0, 0.1) is 11.3 Å². The number of H-pyrrole nitrogens is 1. The fourth-order valence-electron chi connectivity index (χ4n) is 3.81. The number of thiophene rings is 1.